The molecule has 1 N–H and O–H groups in total. The monoisotopic (exact) mass is 347 g/mol. The molecule has 0 saturated heterocycles. The first-order valence-corrected chi connectivity index (χ1v) is 8.71. The lowest BCUT2D eigenvalue weighted by Gasteiger charge is -2.23. The van der Waals surface area contributed by atoms with Gasteiger partial charge in [-0.2, -0.15) is 0 Å². The first kappa shape index (κ1) is 18.1. The van der Waals surface area contributed by atoms with E-state index in [1.54, 1.807) is 32.6 Å². The molecule has 2 aromatic rings. The lowest BCUT2D eigenvalue weighted by Crippen LogP contribution is -2.39. The molecule has 1 aromatic heterocycles. The predicted octanol–water partition coefficient (Wildman–Crippen LogP) is 3.02. The molecule has 2 rings (SSSR count). The highest BCUT2D eigenvalue weighted by atomic mass is 32.1. The van der Waals surface area contributed by atoms with Crippen molar-refractivity contribution in [2.24, 2.45) is 4.99 Å². The van der Waals surface area contributed by atoms with Crippen molar-refractivity contribution in [1.82, 2.24) is 10.2 Å². The van der Waals surface area contributed by atoms with Crippen molar-refractivity contribution in [1.29, 1.82) is 0 Å². The molecule has 0 saturated carbocycles. The van der Waals surface area contributed by atoms with E-state index in [1.807, 2.05) is 25.2 Å². The Kier molecular flexibility index (Phi) is 6.93. The van der Waals surface area contributed by atoms with Crippen LogP contribution in [0.4, 0.5) is 0 Å². The van der Waals surface area contributed by atoms with Crippen LogP contribution in [0.2, 0.25) is 0 Å². The molecular formula is C18H25N3O2S. The summed E-state index contributed by atoms with van der Waals surface area (Å²) in [6, 6.07) is 10.1. The van der Waals surface area contributed by atoms with Gasteiger partial charge in [-0.25, -0.2) is 0 Å². The molecule has 5 nitrogen and oxygen atoms in total. The summed E-state index contributed by atoms with van der Waals surface area (Å²) in [5, 5.41) is 5.51. The molecular weight excluding hydrogens is 322 g/mol. The molecule has 130 valence electrons. The molecule has 1 aromatic carbocycles. The number of aliphatic imine (C=N–C) groups is 1. The number of guanidine groups is 1. The van der Waals surface area contributed by atoms with Gasteiger partial charge in [0.05, 0.1) is 14.2 Å². The van der Waals surface area contributed by atoms with Gasteiger partial charge in [-0.05, 0) is 30.0 Å². The Morgan fingerprint density at radius 2 is 2.08 bits per heavy atom. The van der Waals surface area contributed by atoms with Gasteiger partial charge in [0.2, 0.25) is 0 Å². The Morgan fingerprint density at radius 3 is 2.71 bits per heavy atom. The Hall–Kier alpha value is -2.21. The zero-order valence-electron chi connectivity index (χ0n) is 14.7. The molecule has 0 fully saturated rings. The second kappa shape index (κ2) is 9.17. The van der Waals surface area contributed by atoms with Crippen molar-refractivity contribution in [3.63, 3.8) is 0 Å². The normalized spacial score (nSPS) is 11.2. The SMILES string of the molecule is CN=C(NCCc1cccs1)N(C)Cc1ccc(OC)cc1OC. The Morgan fingerprint density at radius 1 is 1.25 bits per heavy atom. The highest BCUT2D eigenvalue weighted by Gasteiger charge is 2.11. The third kappa shape index (κ3) is 4.89. The minimum absolute atomic E-state index is 0.700. The van der Waals surface area contributed by atoms with Crippen LogP contribution >= 0.6 is 11.3 Å². The predicted molar refractivity (Wildman–Crippen MR) is 100 cm³/mol. The molecule has 6 heteroatoms. The molecule has 0 unspecified atom stereocenters. The zero-order chi connectivity index (χ0) is 17.4. The smallest absolute Gasteiger partial charge is 0.193 e. The van der Waals surface area contributed by atoms with E-state index in [0.717, 1.165) is 36.0 Å². The van der Waals surface area contributed by atoms with E-state index in [0.29, 0.717) is 6.54 Å². The number of hydrogen-bond acceptors (Lipinski definition) is 4. The van der Waals surface area contributed by atoms with Crippen molar-refractivity contribution in [3.05, 3.63) is 46.2 Å². The summed E-state index contributed by atoms with van der Waals surface area (Å²) in [7, 11) is 7.14. The fraction of sp³-hybridized carbons (Fsp3) is 0.389. The van der Waals surface area contributed by atoms with Crippen LogP contribution < -0.4 is 14.8 Å². The van der Waals surface area contributed by atoms with Crippen molar-refractivity contribution in [2.75, 3.05) is 34.9 Å². The minimum Gasteiger partial charge on any atom is -0.497 e. The van der Waals surface area contributed by atoms with Crippen LogP contribution in [0.5, 0.6) is 11.5 Å². The van der Waals surface area contributed by atoms with Crippen molar-refractivity contribution in [2.45, 2.75) is 13.0 Å². The van der Waals surface area contributed by atoms with E-state index >= 15 is 0 Å². The first-order valence-electron chi connectivity index (χ1n) is 7.83. The quantitative estimate of drug-likeness (QED) is 0.618. The average Bonchev–Trinajstić information content (AvgIpc) is 3.12. The maximum absolute atomic E-state index is 5.47. The number of nitrogens with zero attached hydrogens (tertiary/aromatic N) is 2. The molecule has 0 spiro atoms. The number of ether oxygens (including phenoxy) is 2. The summed E-state index contributed by atoms with van der Waals surface area (Å²) in [6.07, 6.45) is 0.996. The van der Waals surface area contributed by atoms with Crippen LogP contribution in [0.25, 0.3) is 0 Å². The summed E-state index contributed by atoms with van der Waals surface area (Å²) >= 11 is 1.78. The van der Waals surface area contributed by atoms with Gasteiger partial charge in [0.25, 0.3) is 0 Å². The molecule has 0 aliphatic heterocycles. The number of methoxy groups -OCH3 is 2. The minimum atomic E-state index is 0.700. The molecule has 0 amide bonds. The number of thiophene rings is 1. The van der Waals surface area contributed by atoms with Gasteiger partial charge in [0.15, 0.2) is 5.96 Å². The van der Waals surface area contributed by atoms with Crippen LogP contribution in [0.1, 0.15) is 10.4 Å². The van der Waals surface area contributed by atoms with E-state index in [1.165, 1.54) is 4.88 Å². The Labute approximate surface area is 147 Å². The number of benzene rings is 1. The summed E-state index contributed by atoms with van der Waals surface area (Å²) < 4.78 is 10.7. The van der Waals surface area contributed by atoms with E-state index < -0.39 is 0 Å². The molecule has 0 atom stereocenters. The van der Waals surface area contributed by atoms with Crippen molar-refractivity contribution < 1.29 is 9.47 Å². The number of nitrogens with one attached hydrogen (secondary N) is 1. The molecule has 1 heterocycles. The summed E-state index contributed by atoms with van der Waals surface area (Å²) in [5.74, 6) is 2.47. The highest BCUT2D eigenvalue weighted by molar-refractivity contribution is 7.09. The lowest BCUT2D eigenvalue weighted by atomic mass is 10.2. The number of rotatable bonds is 7. The largest absolute Gasteiger partial charge is 0.497 e. The van der Waals surface area contributed by atoms with Crippen molar-refractivity contribution in [3.8, 4) is 11.5 Å². The van der Waals surface area contributed by atoms with Crippen LogP contribution in [0.3, 0.4) is 0 Å². The van der Waals surface area contributed by atoms with Crippen LogP contribution in [0.15, 0.2) is 40.7 Å². The van der Waals surface area contributed by atoms with Crippen LogP contribution in [-0.4, -0.2) is 45.7 Å². The van der Waals surface area contributed by atoms with Gasteiger partial charge in [-0.3, -0.25) is 4.99 Å². The van der Waals surface area contributed by atoms with Gasteiger partial charge < -0.3 is 19.7 Å². The van der Waals surface area contributed by atoms with E-state index in [-0.39, 0.29) is 0 Å². The highest BCUT2D eigenvalue weighted by Crippen LogP contribution is 2.25. The lowest BCUT2D eigenvalue weighted by molar-refractivity contribution is 0.382. The fourth-order valence-electron chi connectivity index (χ4n) is 2.45. The molecule has 24 heavy (non-hydrogen) atoms. The maximum Gasteiger partial charge on any atom is 0.193 e. The Balaban J connectivity index is 1.95. The fourth-order valence-corrected chi connectivity index (χ4v) is 3.16. The average molecular weight is 347 g/mol. The van der Waals surface area contributed by atoms with Gasteiger partial charge in [-0.15, -0.1) is 11.3 Å². The second-order valence-electron chi connectivity index (χ2n) is 5.34. The van der Waals surface area contributed by atoms with E-state index in [9.17, 15) is 0 Å². The standard InChI is InChI=1S/C18H25N3O2S/c1-19-18(20-10-9-16-6-5-11-24-16)21(2)13-14-7-8-15(22-3)12-17(14)23-4/h5-8,11-12H,9-10,13H2,1-4H3,(H,19,20). The van der Waals surface area contributed by atoms with Crippen LogP contribution in [0, 0.1) is 0 Å². The molecule has 0 radical (unpaired) electrons. The molecule has 0 aliphatic rings. The van der Waals surface area contributed by atoms with Gasteiger partial charge in [0.1, 0.15) is 11.5 Å². The molecule has 0 bridgehead atoms. The van der Waals surface area contributed by atoms with Gasteiger partial charge >= 0.3 is 0 Å². The third-order valence-corrected chi connectivity index (χ3v) is 4.65. The van der Waals surface area contributed by atoms with Gasteiger partial charge in [0, 0.05) is 43.7 Å². The first-order chi connectivity index (χ1) is 11.7. The van der Waals surface area contributed by atoms with Crippen LogP contribution in [-0.2, 0) is 13.0 Å². The third-order valence-electron chi connectivity index (χ3n) is 3.71. The second-order valence-corrected chi connectivity index (χ2v) is 6.37. The van der Waals surface area contributed by atoms with Gasteiger partial charge in [-0.1, -0.05) is 6.07 Å². The summed E-state index contributed by atoms with van der Waals surface area (Å²) in [5.41, 5.74) is 1.09. The Bertz CT molecular complexity index is 656. The zero-order valence-corrected chi connectivity index (χ0v) is 15.5. The molecule has 0 aliphatic carbocycles. The summed E-state index contributed by atoms with van der Waals surface area (Å²) in [4.78, 5) is 7.82. The maximum atomic E-state index is 5.47. The van der Waals surface area contributed by atoms with E-state index in [4.69, 9.17) is 9.47 Å². The van der Waals surface area contributed by atoms with E-state index in [2.05, 4.69) is 32.7 Å². The van der Waals surface area contributed by atoms with Crippen molar-refractivity contribution >= 4 is 17.3 Å². The number of hydrogen-bond donors (Lipinski definition) is 1. The topological polar surface area (TPSA) is 46.1 Å². The summed E-state index contributed by atoms with van der Waals surface area (Å²) in [6.45, 7) is 1.56.